The SMILES string of the molecule is Cc1cccc2ccnn12.Cc1cccc2cn[nH]c12.Cc1cccn2ccnc12.Cc1ccnc2cnoc12.Cc1ccnc2conc12.Cc1ccnc2ncccc12.Cc1ccnc2ncoc12.Cc1ccnc2ncsc12.Cc1ccnc2ocnc12.Cc1ccnc2scnc12.Cc1ncnc2cccnc12.Cc1ncnc2ccncc12.Cc1ncnc2cnccc12.Cc1nnc2ccncn12. The zero-order valence-electron chi connectivity index (χ0n) is 80.8. The molecule has 28 rings (SSSR count). The minimum atomic E-state index is 0.611. The summed E-state index contributed by atoms with van der Waals surface area (Å²) in [7, 11) is 0. The molecule has 28 aromatic rings. The van der Waals surface area contributed by atoms with Crippen LogP contribution in [-0.2, 0) is 0 Å². The van der Waals surface area contributed by atoms with E-state index in [0.29, 0.717) is 11.4 Å². The van der Waals surface area contributed by atoms with Gasteiger partial charge in [0, 0.05) is 144 Å². The number of nitrogens with zero attached hydrogens (tertiary/aromatic N) is 32. The van der Waals surface area contributed by atoms with Crippen LogP contribution in [-0.4, -0.2) is 164 Å². The summed E-state index contributed by atoms with van der Waals surface area (Å²) in [5.41, 5.74) is 34.9. The third-order valence-electron chi connectivity index (χ3n) is 21.5. The van der Waals surface area contributed by atoms with Crippen molar-refractivity contribution < 1.29 is 17.9 Å². The van der Waals surface area contributed by atoms with Gasteiger partial charge in [-0.1, -0.05) is 40.6 Å². The highest BCUT2D eigenvalue weighted by atomic mass is 32.1. The van der Waals surface area contributed by atoms with E-state index in [4.69, 9.17) is 17.9 Å². The number of aromatic amines is 1. The second-order valence-corrected chi connectivity index (χ2v) is 33.3. The van der Waals surface area contributed by atoms with Crippen LogP contribution in [0, 0.1) is 96.9 Å². The van der Waals surface area contributed by atoms with Gasteiger partial charge in [0.05, 0.1) is 73.3 Å². The number of rotatable bonds is 0. The first-order chi connectivity index (χ1) is 70.3. The van der Waals surface area contributed by atoms with E-state index in [1.54, 1.807) is 141 Å². The molecule has 27 aromatic heterocycles. The molecule has 0 aliphatic heterocycles. The van der Waals surface area contributed by atoms with Gasteiger partial charge in [-0.2, -0.15) is 15.2 Å². The van der Waals surface area contributed by atoms with E-state index in [1.165, 1.54) is 56.4 Å². The zero-order valence-corrected chi connectivity index (χ0v) is 82.4. The molecule has 0 bridgehead atoms. The molecule has 37 nitrogen and oxygen atoms in total. The van der Waals surface area contributed by atoms with Crippen molar-refractivity contribution >= 4 is 160 Å². The molecule has 39 heteroatoms. The largest absolute Gasteiger partial charge is 0.441 e. The number of pyridine rings is 13. The van der Waals surface area contributed by atoms with Crippen LogP contribution in [0.5, 0.6) is 0 Å². The molecule has 0 atom stereocenters. The Morgan fingerprint density at radius 2 is 1.01 bits per heavy atom. The minimum Gasteiger partial charge on any atom is -0.441 e. The Bertz CT molecular complexity index is 7610. The van der Waals surface area contributed by atoms with Gasteiger partial charge in [0.1, 0.15) is 81.0 Å². The fourth-order valence-electron chi connectivity index (χ4n) is 13.8. The lowest BCUT2D eigenvalue weighted by Crippen LogP contribution is -1.90. The van der Waals surface area contributed by atoms with Crippen molar-refractivity contribution in [1.82, 2.24) is 164 Å². The van der Waals surface area contributed by atoms with Gasteiger partial charge < -0.3 is 22.3 Å². The summed E-state index contributed by atoms with van der Waals surface area (Å²) >= 11 is 3.22. The molecule has 0 saturated carbocycles. The number of nitrogens with one attached hydrogen (secondary N) is 1. The molecule has 1 aromatic carbocycles. The van der Waals surface area contributed by atoms with Crippen LogP contribution < -0.4 is 0 Å². The monoisotopic (exact) mass is 1950 g/mol. The average molecular weight is 1950 g/mol. The van der Waals surface area contributed by atoms with Crippen LogP contribution in [0.15, 0.2) is 337 Å². The molecule has 144 heavy (non-hydrogen) atoms. The number of oxazole rings is 2. The molecule has 0 aliphatic carbocycles. The van der Waals surface area contributed by atoms with Gasteiger partial charge >= 0.3 is 0 Å². The van der Waals surface area contributed by atoms with Crippen molar-refractivity contribution in [3.63, 3.8) is 0 Å². The maximum absolute atomic E-state index is 5.08. The van der Waals surface area contributed by atoms with E-state index in [2.05, 4.69) is 190 Å². The second kappa shape index (κ2) is 49.5. The Labute approximate surface area is 830 Å². The van der Waals surface area contributed by atoms with Crippen molar-refractivity contribution in [2.75, 3.05) is 0 Å². The molecule has 0 radical (unpaired) electrons. The number of thiazole rings is 2. The molecule has 0 spiro atoms. The van der Waals surface area contributed by atoms with Crippen molar-refractivity contribution in [3.05, 3.63) is 398 Å². The molecule has 1 N–H and O–H groups in total. The number of H-pyrrole nitrogens is 1. The lowest BCUT2D eigenvalue weighted by atomic mass is 10.2. The highest BCUT2D eigenvalue weighted by Gasteiger charge is 2.09. The Kier molecular flexibility index (Phi) is 34.3. The third kappa shape index (κ3) is 26.2. The summed E-state index contributed by atoms with van der Waals surface area (Å²) in [6.07, 6.45) is 46.3. The number of hydrogen-bond donors (Lipinski definition) is 1. The van der Waals surface area contributed by atoms with Gasteiger partial charge in [0.25, 0.3) is 0 Å². The van der Waals surface area contributed by atoms with Gasteiger partial charge in [-0.25, -0.2) is 89.2 Å². The first-order valence-corrected chi connectivity index (χ1v) is 46.4. The van der Waals surface area contributed by atoms with Gasteiger partial charge in [-0.3, -0.25) is 34.4 Å². The Morgan fingerprint density at radius 3 is 1.76 bits per heavy atom. The van der Waals surface area contributed by atoms with Crippen LogP contribution in [0.2, 0.25) is 0 Å². The predicted molar refractivity (Wildman–Crippen MR) is 557 cm³/mol. The van der Waals surface area contributed by atoms with E-state index < -0.39 is 0 Å². The van der Waals surface area contributed by atoms with Crippen molar-refractivity contribution in [1.29, 1.82) is 0 Å². The molecule has 716 valence electrons. The van der Waals surface area contributed by atoms with Crippen molar-refractivity contribution in [2.24, 2.45) is 0 Å². The highest BCUT2D eigenvalue weighted by molar-refractivity contribution is 7.17. The molecular weight excluding hydrogens is 1850 g/mol. The fourth-order valence-corrected chi connectivity index (χ4v) is 15.2. The van der Waals surface area contributed by atoms with E-state index >= 15 is 0 Å². The zero-order chi connectivity index (χ0) is 100. The number of para-hydroxylation sites is 1. The van der Waals surface area contributed by atoms with E-state index in [-0.39, 0.29) is 0 Å². The van der Waals surface area contributed by atoms with Gasteiger partial charge in [0.2, 0.25) is 5.71 Å². The molecule has 0 unspecified atom stereocenters. The Hall–Kier alpha value is -18.8. The van der Waals surface area contributed by atoms with E-state index in [9.17, 15) is 0 Å². The molecule has 0 saturated heterocycles. The summed E-state index contributed by atoms with van der Waals surface area (Å²) in [5.74, 6) is 0.864. The first-order valence-electron chi connectivity index (χ1n) is 44.7. The molecule has 0 aliphatic rings. The maximum atomic E-state index is 5.08. The summed E-state index contributed by atoms with van der Waals surface area (Å²) in [5, 5.41) is 30.6. The Balaban J connectivity index is 0.000000117. The minimum absolute atomic E-state index is 0.611. The van der Waals surface area contributed by atoms with E-state index in [1.807, 2.05) is 258 Å². The lowest BCUT2D eigenvalue weighted by Gasteiger charge is -1.96. The molecule has 27 heterocycles. The molecule has 0 amide bonds. The third-order valence-corrected chi connectivity index (χ3v) is 23.2. The normalized spacial score (nSPS) is 10.4. The predicted octanol–water partition coefficient (Wildman–Crippen LogP) is 21.7. The fraction of sp³-hybridized carbons (Fsp3) is 0.133. The number of aromatic nitrogens is 33. The number of hydrogen-bond acceptors (Lipinski definition) is 35. The number of imidazole rings is 1. The average Bonchev–Trinajstić information content (AvgIpc) is 1.80. The summed E-state index contributed by atoms with van der Waals surface area (Å²) in [4.78, 5) is 94.4. The van der Waals surface area contributed by atoms with Gasteiger partial charge in [0.15, 0.2) is 46.5 Å². The van der Waals surface area contributed by atoms with Crippen LogP contribution in [0.3, 0.4) is 0 Å². The first kappa shape index (κ1) is 99.7. The number of aryl methyl sites for hydroxylation is 14. The molecular formula is C105H95N33O4S2. The summed E-state index contributed by atoms with van der Waals surface area (Å²) in [6, 6.07) is 45.3. The number of benzene rings is 1. The second-order valence-electron chi connectivity index (χ2n) is 31.6. The van der Waals surface area contributed by atoms with Crippen molar-refractivity contribution in [3.8, 4) is 0 Å². The lowest BCUT2D eigenvalue weighted by molar-refractivity contribution is 0.428. The van der Waals surface area contributed by atoms with Crippen molar-refractivity contribution in [2.45, 2.75) is 96.9 Å². The van der Waals surface area contributed by atoms with Crippen LogP contribution in [0.1, 0.15) is 78.7 Å². The number of fused-ring (bicyclic) bond motifs is 14. The molecule has 0 fully saturated rings. The maximum Gasteiger partial charge on any atom is 0.246 e. The highest BCUT2D eigenvalue weighted by Crippen LogP contribution is 2.23. The van der Waals surface area contributed by atoms with Gasteiger partial charge in [-0.05, 0) is 250 Å². The smallest absolute Gasteiger partial charge is 0.246 e. The van der Waals surface area contributed by atoms with E-state index in [0.717, 1.165) is 161 Å². The Morgan fingerprint density at radius 1 is 0.354 bits per heavy atom. The standard InChI is InChI=1S/C9H8N2.3C8H7N3.3C8H8N2.4C7H6N2O.2C7H6N2S.C6H6N4/c1-7-4-6-11-9-8(7)3-2-5-10-9;1-6-7-4-9-3-2-8(7)11-5-10-6;1-6-7-2-3-9-4-8(7)11-5-10-6;1-6-8-7(11-5-10-6)3-2-4-9-8;1-7-3-2-5-10-6-4-9-8(7)10;1-7-3-2-4-8-5-6-9-10(7)8;1-6-3-2-4-7-5-9-10-8(6)7;1-5-2-3-8-7-6(5)10-4-9-7;1-5-2-3-8-7-6(5)9-4-10-7;1-5-2-3-8-6-4-10-9-7(5)6;1-5-2-3-8-6-4-9-10-7(5)6;1-5-2-3-8-7-6(5)10-4-9-7;1-5-2-3-8-7-6(5)9-4-10-7;1-5-8-9-6-2-3-7-4-10(5)6/h2-6H,1H3;3*2-5H,1H3;2*2-6H,1H3;2-5H,1H3,(H,9,10);7*2-4H,1H3. The van der Waals surface area contributed by atoms with Crippen LogP contribution in [0.4, 0.5) is 0 Å². The van der Waals surface area contributed by atoms with Crippen LogP contribution >= 0.6 is 22.7 Å². The summed E-state index contributed by atoms with van der Waals surface area (Å²) < 4.78 is 26.7. The quantitative estimate of drug-likeness (QED) is 0.147. The van der Waals surface area contributed by atoms with Crippen LogP contribution in [0.25, 0.3) is 137 Å². The summed E-state index contributed by atoms with van der Waals surface area (Å²) in [6.45, 7) is 28.0. The topological polar surface area (TPSA) is 455 Å². The van der Waals surface area contributed by atoms with Gasteiger partial charge in [-0.15, -0.1) is 32.9 Å².